The summed E-state index contributed by atoms with van der Waals surface area (Å²) in [7, 11) is 1.71. The molecule has 0 saturated heterocycles. The first-order chi connectivity index (χ1) is 12.5. The summed E-state index contributed by atoms with van der Waals surface area (Å²) in [5, 5.41) is 11.7. The van der Waals surface area contributed by atoms with Gasteiger partial charge in [-0.15, -0.1) is 0 Å². The van der Waals surface area contributed by atoms with E-state index in [1.165, 1.54) is 4.68 Å². The highest BCUT2D eigenvalue weighted by atomic mass is 35.5. The number of carbonyl (C=O) groups excluding carboxylic acids is 2. The molecule has 1 aliphatic heterocycles. The molecule has 0 unspecified atom stereocenters. The van der Waals surface area contributed by atoms with Crippen molar-refractivity contribution in [3.63, 3.8) is 0 Å². The van der Waals surface area contributed by atoms with Crippen LogP contribution in [0.25, 0.3) is 0 Å². The molecule has 2 amide bonds. The fourth-order valence-corrected chi connectivity index (χ4v) is 3.65. The van der Waals surface area contributed by atoms with Crippen LogP contribution in [0.4, 0.5) is 0 Å². The molecule has 2 aliphatic rings. The molecule has 26 heavy (non-hydrogen) atoms. The molecule has 1 saturated carbocycles. The number of aromatic nitrogens is 4. The largest absolute Gasteiger partial charge is 0.345 e. The van der Waals surface area contributed by atoms with Crippen molar-refractivity contribution in [3.8, 4) is 0 Å². The van der Waals surface area contributed by atoms with Gasteiger partial charge < -0.3 is 10.2 Å². The summed E-state index contributed by atoms with van der Waals surface area (Å²) < 4.78 is 3.42. The summed E-state index contributed by atoms with van der Waals surface area (Å²) in [5.41, 5.74) is 1.97. The molecule has 1 fully saturated rings. The van der Waals surface area contributed by atoms with Crippen LogP contribution < -0.4 is 5.32 Å². The fraction of sp³-hybridized carbons (Fsp3) is 0.529. The molecule has 0 spiro atoms. The van der Waals surface area contributed by atoms with Gasteiger partial charge >= 0.3 is 0 Å². The van der Waals surface area contributed by atoms with Crippen molar-refractivity contribution in [2.24, 2.45) is 13.0 Å². The number of nitrogens with one attached hydrogen (secondary N) is 1. The molecule has 4 rings (SSSR count). The molecule has 9 heteroatoms. The number of amides is 2. The lowest BCUT2D eigenvalue weighted by molar-refractivity contribution is -0.139. The summed E-state index contributed by atoms with van der Waals surface area (Å²) in [4.78, 5) is 26.5. The lowest BCUT2D eigenvalue weighted by atomic mass is 9.84. The number of nitrogens with zero attached hydrogens (tertiary/aromatic N) is 5. The van der Waals surface area contributed by atoms with Gasteiger partial charge in [-0.1, -0.05) is 18.0 Å². The van der Waals surface area contributed by atoms with E-state index in [-0.39, 0.29) is 23.4 Å². The van der Waals surface area contributed by atoms with Crippen molar-refractivity contribution in [1.82, 2.24) is 29.8 Å². The van der Waals surface area contributed by atoms with E-state index in [0.717, 1.165) is 30.7 Å². The molecule has 2 aromatic heterocycles. The SMILES string of the molecule is Cn1cc(Cl)c(C(=O)NCc2cc3n(n2)CCN(C(=O)C2CCC2)C3)n1. The summed E-state index contributed by atoms with van der Waals surface area (Å²) in [6, 6.07) is 1.94. The first-order valence-electron chi connectivity index (χ1n) is 8.83. The van der Waals surface area contributed by atoms with Crippen LogP contribution in [0, 0.1) is 5.92 Å². The maximum atomic E-state index is 12.4. The standard InChI is InChI=1S/C17H21ClN6O2/c1-22-10-14(18)15(21-22)16(25)19-8-12-7-13-9-23(5-6-24(13)20-12)17(26)11-3-2-4-11/h7,10-11H,2-6,8-9H2,1H3,(H,19,25). The van der Waals surface area contributed by atoms with E-state index in [1.807, 2.05) is 15.6 Å². The summed E-state index contributed by atoms with van der Waals surface area (Å²) in [5.74, 6) is 0.151. The van der Waals surface area contributed by atoms with Crippen molar-refractivity contribution in [2.45, 2.75) is 38.9 Å². The molecular weight excluding hydrogens is 356 g/mol. The number of hydrogen-bond donors (Lipinski definition) is 1. The third-order valence-electron chi connectivity index (χ3n) is 5.04. The van der Waals surface area contributed by atoms with E-state index >= 15 is 0 Å². The number of carbonyl (C=O) groups is 2. The van der Waals surface area contributed by atoms with E-state index in [4.69, 9.17) is 11.6 Å². The zero-order chi connectivity index (χ0) is 18.3. The molecule has 1 N–H and O–H groups in total. The lowest BCUT2D eigenvalue weighted by Crippen LogP contribution is -2.43. The van der Waals surface area contributed by atoms with Crippen molar-refractivity contribution in [3.05, 3.63) is 34.4 Å². The Kier molecular flexibility index (Phi) is 4.44. The molecule has 2 aromatic rings. The summed E-state index contributed by atoms with van der Waals surface area (Å²) in [6.45, 7) is 2.26. The first kappa shape index (κ1) is 17.1. The molecule has 138 valence electrons. The third kappa shape index (κ3) is 3.21. The van der Waals surface area contributed by atoms with Gasteiger partial charge in [0.05, 0.1) is 36.0 Å². The number of fused-ring (bicyclic) bond motifs is 1. The van der Waals surface area contributed by atoms with Crippen LogP contribution in [0.1, 0.15) is 41.1 Å². The monoisotopic (exact) mass is 376 g/mol. The van der Waals surface area contributed by atoms with Crippen LogP contribution in [0.15, 0.2) is 12.3 Å². The van der Waals surface area contributed by atoms with Gasteiger partial charge in [-0.2, -0.15) is 10.2 Å². The normalized spacial score (nSPS) is 16.9. The maximum absolute atomic E-state index is 12.4. The third-order valence-corrected chi connectivity index (χ3v) is 5.32. The Morgan fingerprint density at radius 1 is 1.31 bits per heavy atom. The highest BCUT2D eigenvalue weighted by Gasteiger charge is 2.31. The van der Waals surface area contributed by atoms with Crippen LogP contribution in [-0.4, -0.2) is 42.8 Å². The predicted molar refractivity (Wildman–Crippen MR) is 94.4 cm³/mol. The van der Waals surface area contributed by atoms with Crippen molar-refractivity contribution in [1.29, 1.82) is 0 Å². The van der Waals surface area contributed by atoms with Gasteiger partial charge in [-0.25, -0.2) is 0 Å². The molecule has 0 atom stereocenters. The minimum atomic E-state index is -0.330. The quantitative estimate of drug-likeness (QED) is 0.872. The maximum Gasteiger partial charge on any atom is 0.273 e. The topological polar surface area (TPSA) is 85.0 Å². The van der Waals surface area contributed by atoms with E-state index in [9.17, 15) is 9.59 Å². The van der Waals surface area contributed by atoms with Gasteiger partial charge in [0.1, 0.15) is 0 Å². The Hall–Kier alpha value is -2.35. The summed E-state index contributed by atoms with van der Waals surface area (Å²) in [6.07, 6.45) is 4.77. The number of halogens is 1. The molecule has 0 bridgehead atoms. The van der Waals surface area contributed by atoms with Crippen LogP contribution in [-0.2, 0) is 31.5 Å². The number of rotatable bonds is 4. The minimum absolute atomic E-state index is 0.204. The van der Waals surface area contributed by atoms with Crippen LogP contribution in [0.5, 0.6) is 0 Å². The van der Waals surface area contributed by atoms with Crippen LogP contribution in [0.2, 0.25) is 5.02 Å². The highest BCUT2D eigenvalue weighted by Crippen LogP contribution is 2.29. The molecule has 8 nitrogen and oxygen atoms in total. The number of aryl methyl sites for hydroxylation is 1. The van der Waals surface area contributed by atoms with Crippen LogP contribution >= 0.6 is 11.6 Å². The highest BCUT2D eigenvalue weighted by molar-refractivity contribution is 6.33. The van der Waals surface area contributed by atoms with Gasteiger partial charge in [0, 0.05) is 25.7 Å². The van der Waals surface area contributed by atoms with Gasteiger partial charge in [-0.05, 0) is 18.9 Å². The Morgan fingerprint density at radius 3 is 2.77 bits per heavy atom. The Balaban J connectivity index is 1.38. The Labute approximate surface area is 156 Å². The molecule has 1 aliphatic carbocycles. The average Bonchev–Trinajstić information content (AvgIpc) is 3.12. The molecule has 3 heterocycles. The minimum Gasteiger partial charge on any atom is -0.345 e. The van der Waals surface area contributed by atoms with Crippen molar-refractivity contribution >= 4 is 23.4 Å². The molecule has 0 radical (unpaired) electrons. The number of hydrogen-bond acceptors (Lipinski definition) is 4. The zero-order valence-corrected chi connectivity index (χ0v) is 15.4. The first-order valence-corrected chi connectivity index (χ1v) is 9.21. The van der Waals surface area contributed by atoms with Gasteiger partial charge in [0.2, 0.25) is 5.91 Å². The smallest absolute Gasteiger partial charge is 0.273 e. The predicted octanol–water partition coefficient (Wildman–Crippen LogP) is 1.34. The van der Waals surface area contributed by atoms with E-state index < -0.39 is 0 Å². The second-order valence-electron chi connectivity index (χ2n) is 6.92. The fourth-order valence-electron chi connectivity index (χ4n) is 3.38. The Bertz CT molecular complexity index is 854. The average molecular weight is 377 g/mol. The molecular formula is C17H21ClN6O2. The van der Waals surface area contributed by atoms with Crippen molar-refractivity contribution in [2.75, 3.05) is 6.54 Å². The van der Waals surface area contributed by atoms with E-state index in [2.05, 4.69) is 15.5 Å². The Morgan fingerprint density at radius 2 is 2.12 bits per heavy atom. The zero-order valence-electron chi connectivity index (χ0n) is 14.6. The van der Waals surface area contributed by atoms with Gasteiger partial charge in [-0.3, -0.25) is 19.0 Å². The summed E-state index contributed by atoms with van der Waals surface area (Å²) >= 11 is 5.99. The second kappa shape index (κ2) is 6.75. The second-order valence-corrected chi connectivity index (χ2v) is 7.33. The van der Waals surface area contributed by atoms with Gasteiger partial charge in [0.15, 0.2) is 5.69 Å². The van der Waals surface area contributed by atoms with Crippen molar-refractivity contribution < 1.29 is 9.59 Å². The lowest BCUT2D eigenvalue weighted by Gasteiger charge is -2.34. The van der Waals surface area contributed by atoms with Crippen LogP contribution in [0.3, 0.4) is 0 Å². The molecule has 0 aromatic carbocycles. The van der Waals surface area contributed by atoms with E-state index in [1.54, 1.807) is 13.2 Å². The van der Waals surface area contributed by atoms with E-state index in [0.29, 0.717) is 31.2 Å². The van der Waals surface area contributed by atoms with Gasteiger partial charge in [0.25, 0.3) is 5.91 Å².